The fourth-order valence-corrected chi connectivity index (χ4v) is 5.31. The molecule has 0 saturated carbocycles. The highest BCUT2D eigenvalue weighted by Gasteiger charge is 2.26. The molecule has 1 saturated heterocycles. The standard InChI is InChI=1S/C24H22BrN5O3S/c1-14-11-29(12-15(2)33-14)20(31)13-34-24-26-19-9-8-17(25)10-18(19)22-27-23(32)21(28-30(22)24)16-6-4-3-5-7-16/h3-10,14-15H,11-13H2,1-2H3/t14-,15-/m0/s1. The minimum Gasteiger partial charge on any atom is -0.372 e. The molecule has 0 N–H and O–H groups in total. The van der Waals surface area contributed by atoms with Crippen LogP contribution in [0.3, 0.4) is 0 Å². The molecular formula is C24H22BrN5O3S. The number of halogens is 1. The first kappa shape index (κ1) is 22.9. The first-order valence-electron chi connectivity index (χ1n) is 10.9. The number of carbonyl (C=O) groups excluding carboxylic acids is 1. The van der Waals surface area contributed by atoms with Gasteiger partial charge in [0.2, 0.25) is 5.91 Å². The lowest BCUT2D eigenvalue weighted by molar-refractivity contribution is -0.140. The zero-order valence-electron chi connectivity index (χ0n) is 18.6. The molecule has 0 aliphatic carbocycles. The average Bonchev–Trinajstić information content (AvgIpc) is 2.82. The zero-order valence-corrected chi connectivity index (χ0v) is 21.0. The Kier molecular flexibility index (Phi) is 6.37. The number of morpholine rings is 1. The first-order valence-corrected chi connectivity index (χ1v) is 12.7. The van der Waals surface area contributed by atoms with E-state index in [0.29, 0.717) is 40.4 Å². The molecule has 4 aromatic rings. The topological polar surface area (TPSA) is 89.7 Å². The van der Waals surface area contributed by atoms with Crippen LogP contribution in [0, 0.1) is 0 Å². The molecule has 0 unspecified atom stereocenters. The molecule has 1 aliphatic rings. The van der Waals surface area contributed by atoms with Crippen LogP contribution in [0.25, 0.3) is 27.8 Å². The molecule has 1 fully saturated rings. The van der Waals surface area contributed by atoms with Gasteiger partial charge >= 0.3 is 0 Å². The molecule has 34 heavy (non-hydrogen) atoms. The summed E-state index contributed by atoms with van der Waals surface area (Å²) in [4.78, 5) is 36.8. The van der Waals surface area contributed by atoms with E-state index < -0.39 is 5.56 Å². The lowest BCUT2D eigenvalue weighted by Gasteiger charge is -2.35. The summed E-state index contributed by atoms with van der Waals surface area (Å²) in [6.45, 7) is 5.07. The maximum atomic E-state index is 13.0. The minimum absolute atomic E-state index is 0.0000757. The normalized spacial score (nSPS) is 18.5. The van der Waals surface area contributed by atoms with Crippen molar-refractivity contribution in [3.63, 3.8) is 0 Å². The number of fused-ring (bicyclic) bond motifs is 3. The van der Waals surface area contributed by atoms with Gasteiger partial charge in [0.05, 0.1) is 23.5 Å². The van der Waals surface area contributed by atoms with Gasteiger partial charge in [-0.2, -0.15) is 14.6 Å². The Morgan fingerprint density at radius 2 is 1.85 bits per heavy atom. The van der Waals surface area contributed by atoms with Crippen molar-refractivity contribution < 1.29 is 9.53 Å². The average molecular weight is 540 g/mol. The van der Waals surface area contributed by atoms with Crippen molar-refractivity contribution in [3.05, 3.63) is 63.4 Å². The molecule has 5 rings (SSSR count). The Balaban J connectivity index is 1.57. The maximum Gasteiger partial charge on any atom is 0.300 e. The second-order valence-corrected chi connectivity index (χ2v) is 10.1. The van der Waals surface area contributed by atoms with Gasteiger partial charge in [-0.25, -0.2) is 4.98 Å². The van der Waals surface area contributed by atoms with Crippen molar-refractivity contribution in [3.8, 4) is 11.3 Å². The molecule has 1 aliphatic heterocycles. The summed E-state index contributed by atoms with van der Waals surface area (Å²) < 4.78 is 8.16. The van der Waals surface area contributed by atoms with Gasteiger partial charge in [-0.3, -0.25) is 9.59 Å². The Morgan fingerprint density at radius 3 is 2.59 bits per heavy atom. The van der Waals surface area contributed by atoms with E-state index >= 15 is 0 Å². The van der Waals surface area contributed by atoms with Crippen molar-refractivity contribution >= 4 is 50.1 Å². The van der Waals surface area contributed by atoms with E-state index in [-0.39, 0.29) is 29.6 Å². The van der Waals surface area contributed by atoms with Gasteiger partial charge in [0, 0.05) is 28.5 Å². The number of benzene rings is 2. The number of hydrogen-bond acceptors (Lipinski definition) is 7. The number of rotatable bonds is 4. The van der Waals surface area contributed by atoms with Crippen LogP contribution in [-0.4, -0.2) is 61.4 Å². The summed E-state index contributed by atoms with van der Waals surface area (Å²) in [7, 11) is 0. The second kappa shape index (κ2) is 9.44. The molecule has 2 aromatic carbocycles. The van der Waals surface area contributed by atoms with Gasteiger partial charge < -0.3 is 9.64 Å². The third-order valence-electron chi connectivity index (χ3n) is 5.55. The van der Waals surface area contributed by atoms with Crippen molar-refractivity contribution in [2.24, 2.45) is 0 Å². The number of ether oxygens (including phenoxy) is 1. The third-order valence-corrected chi connectivity index (χ3v) is 6.96. The number of aromatic nitrogens is 4. The van der Waals surface area contributed by atoms with E-state index in [4.69, 9.17) is 9.72 Å². The van der Waals surface area contributed by atoms with Gasteiger partial charge in [-0.15, -0.1) is 0 Å². The van der Waals surface area contributed by atoms with Crippen LogP contribution in [0.5, 0.6) is 0 Å². The van der Waals surface area contributed by atoms with Crippen LogP contribution in [0.2, 0.25) is 0 Å². The minimum atomic E-state index is -0.415. The van der Waals surface area contributed by atoms with Crippen LogP contribution in [0.4, 0.5) is 0 Å². The maximum absolute atomic E-state index is 13.0. The van der Waals surface area contributed by atoms with Gasteiger partial charge in [0.1, 0.15) is 0 Å². The molecule has 3 heterocycles. The van der Waals surface area contributed by atoms with Gasteiger partial charge in [0.25, 0.3) is 5.56 Å². The summed E-state index contributed by atoms with van der Waals surface area (Å²) in [5.74, 6) is 0.202. The van der Waals surface area contributed by atoms with Crippen molar-refractivity contribution in [2.45, 2.75) is 31.2 Å². The van der Waals surface area contributed by atoms with Crippen molar-refractivity contribution in [2.75, 3.05) is 18.8 Å². The quantitative estimate of drug-likeness (QED) is 0.221. The van der Waals surface area contributed by atoms with Crippen LogP contribution >= 0.6 is 27.7 Å². The smallest absolute Gasteiger partial charge is 0.300 e. The van der Waals surface area contributed by atoms with Crippen LogP contribution in [0.1, 0.15) is 13.8 Å². The molecule has 0 spiro atoms. The zero-order chi connectivity index (χ0) is 23.8. The Bertz CT molecular complexity index is 1440. The Hall–Kier alpha value is -2.82. The summed E-state index contributed by atoms with van der Waals surface area (Å²) in [5.41, 5.74) is 1.57. The molecular weight excluding hydrogens is 518 g/mol. The highest BCUT2D eigenvalue weighted by molar-refractivity contribution is 9.10. The molecule has 0 bridgehead atoms. The number of thioether (sulfide) groups is 1. The number of hydrogen-bond donors (Lipinski definition) is 0. The summed E-state index contributed by atoms with van der Waals surface area (Å²) in [6.07, 6.45) is -0.000151. The van der Waals surface area contributed by atoms with Crippen molar-refractivity contribution in [1.82, 2.24) is 24.5 Å². The van der Waals surface area contributed by atoms with E-state index in [9.17, 15) is 9.59 Å². The second-order valence-electron chi connectivity index (χ2n) is 8.27. The van der Waals surface area contributed by atoms with E-state index in [1.54, 1.807) is 4.52 Å². The Morgan fingerprint density at radius 1 is 1.12 bits per heavy atom. The molecule has 174 valence electrons. The van der Waals surface area contributed by atoms with Gasteiger partial charge in [-0.1, -0.05) is 58.0 Å². The molecule has 2 atom stereocenters. The molecule has 2 aromatic heterocycles. The highest BCUT2D eigenvalue weighted by atomic mass is 79.9. The van der Waals surface area contributed by atoms with Crippen LogP contribution in [-0.2, 0) is 9.53 Å². The molecule has 8 nitrogen and oxygen atoms in total. The van der Waals surface area contributed by atoms with Gasteiger partial charge in [-0.05, 0) is 32.0 Å². The van der Waals surface area contributed by atoms with Crippen LogP contribution < -0.4 is 5.56 Å². The number of nitrogens with zero attached hydrogens (tertiary/aromatic N) is 5. The van der Waals surface area contributed by atoms with Gasteiger partial charge in [0.15, 0.2) is 16.5 Å². The number of carbonyl (C=O) groups is 1. The summed E-state index contributed by atoms with van der Waals surface area (Å²) in [5, 5.41) is 5.83. The lowest BCUT2D eigenvalue weighted by Crippen LogP contribution is -2.48. The SMILES string of the molecule is C[C@H]1CN(C(=O)CSc2nc3ccc(Br)cc3c3nc(=O)c(-c4ccccc4)nn23)C[C@H](C)O1. The molecule has 10 heteroatoms. The Labute approximate surface area is 208 Å². The monoisotopic (exact) mass is 539 g/mol. The predicted octanol–water partition coefficient (Wildman–Crippen LogP) is 3.80. The third kappa shape index (κ3) is 4.57. The summed E-state index contributed by atoms with van der Waals surface area (Å²) in [6, 6.07) is 14.8. The van der Waals surface area contributed by atoms with E-state index in [1.807, 2.05) is 67.3 Å². The molecule has 0 radical (unpaired) electrons. The van der Waals surface area contributed by atoms with Crippen molar-refractivity contribution in [1.29, 1.82) is 0 Å². The van der Waals surface area contributed by atoms with E-state index in [1.165, 1.54) is 11.8 Å². The van der Waals surface area contributed by atoms with Crippen LogP contribution in [0.15, 0.2) is 63.0 Å². The highest BCUT2D eigenvalue weighted by Crippen LogP contribution is 2.27. The predicted molar refractivity (Wildman–Crippen MR) is 135 cm³/mol. The fraction of sp³-hybridized carbons (Fsp3) is 0.292. The van der Waals surface area contributed by atoms with E-state index in [2.05, 4.69) is 26.0 Å². The molecule has 1 amide bonds. The first-order chi connectivity index (χ1) is 16.4. The largest absolute Gasteiger partial charge is 0.372 e. The lowest BCUT2D eigenvalue weighted by atomic mass is 10.2. The fourth-order valence-electron chi connectivity index (χ4n) is 4.10. The van der Waals surface area contributed by atoms with E-state index in [0.717, 1.165) is 4.47 Å². The summed E-state index contributed by atoms with van der Waals surface area (Å²) >= 11 is 4.77. The number of amides is 1.